The number of likely N-dealkylation sites (N-methyl/N-ethyl adjacent to an activating group) is 1. The van der Waals surface area contributed by atoms with E-state index >= 15 is 0 Å². The maximum atomic E-state index is 11.9. The molecule has 1 saturated heterocycles. The summed E-state index contributed by atoms with van der Waals surface area (Å²) in [5.41, 5.74) is 0. The molecule has 2 atom stereocenters. The van der Waals surface area contributed by atoms with Crippen LogP contribution in [-0.2, 0) is 9.53 Å². The van der Waals surface area contributed by atoms with Crippen molar-refractivity contribution in [3.63, 3.8) is 0 Å². The summed E-state index contributed by atoms with van der Waals surface area (Å²) in [5.74, 6) is 0.718. The number of hydrogen-bond acceptors (Lipinski definition) is 3. The van der Waals surface area contributed by atoms with Crippen molar-refractivity contribution in [2.75, 3.05) is 33.9 Å². The molecule has 0 saturated carbocycles. The van der Waals surface area contributed by atoms with Gasteiger partial charge >= 0.3 is 0 Å². The normalized spacial score (nSPS) is 23.9. The van der Waals surface area contributed by atoms with E-state index in [4.69, 9.17) is 4.74 Å². The fraction of sp³-hybridized carbons (Fsp3) is 0.909. The van der Waals surface area contributed by atoms with Gasteiger partial charge in [-0.05, 0) is 32.7 Å². The standard InChI is InChI=1S/C11H22N2O2/c1-9(12-2)11(14)13-6-4-5-10(7-13)8-15-3/h9-10,12H,4-8H2,1-3H3. The zero-order chi connectivity index (χ0) is 11.3. The number of carbonyl (C=O) groups is 1. The molecule has 1 aliphatic heterocycles. The van der Waals surface area contributed by atoms with Crippen molar-refractivity contribution in [1.29, 1.82) is 0 Å². The van der Waals surface area contributed by atoms with Crippen LogP contribution in [0.2, 0.25) is 0 Å². The Hall–Kier alpha value is -0.610. The molecular weight excluding hydrogens is 192 g/mol. The van der Waals surface area contributed by atoms with Crippen molar-refractivity contribution < 1.29 is 9.53 Å². The van der Waals surface area contributed by atoms with Gasteiger partial charge in [-0.3, -0.25) is 4.79 Å². The minimum atomic E-state index is -0.0775. The SMILES string of the molecule is CNC(C)C(=O)N1CCCC(COC)C1. The summed E-state index contributed by atoms with van der Waals surface area (Å²) in [7, 11) is 3.54. The van der Waals surface area contributed by atoms with E-state index in [0.717, 1.165) is 26.1 Å². The number of likely N-dealkylation sites (tertiary alicyclic amines) is 1. The maximum Gasteiger partial charge on any atom is 0.239 e. The molecule has 0 aromatic carbocycles. The van der Waals surface area contributed by atoms with Crippen molar-refractivity contribution in [3.05, 3.63) is 0 Å². The van der Waals surface area contributed by atoms with E-state index in [2.05, 4.69) is 5.32 Å². The number of nitrogens with zero attached hydrogens (tertiary/aromatic N) is 1. The molecule has 0 spiro atoms. The second-order valence-electron chi connectivity index (χ2n) is 4.26. The van der Waals surface area contributed by atoms with Gasteiger partial charge in [0, 0.05) is 20.2 Å². The first kappa shape index (κ1) is 12.5. The lowest BCUT2D eigenvalue weighted by atomic mass is 9.98. The highest BCUT2D eigenvalue weighted by molar-refractivity contribution is 5.81. The Morgan fingerprint density at radius 3 is 3.00 bits per heavy atom. The minimum Gasteiger partial charge on any atom is -0.384 e. The van der Waals surface area contributed by atoms with Crippen LogP contribution in [0.25, 0.3) is 0 Å². The highest BCUT2D eigenvalue weighted by Crippen LogP contribution is 2.17. The zero-order valence-electron chi connectivity index (χ0n) is 9.95. The van der Waals surface area contributed by atoms with E-state index in [-0.39, 0.29) is 11.9 Å². The number of methoxy groups -OCH3 is 1. The van der Waals surface area contributed by atoms with Gasteiger partial charge in [0.05, 0.1) is 12.6 Å². The molecule has 4 nitrogen and oxygen atoms in total. The molecule has 1 amide bonds. The van der Waals surface area contributed by atoms with Crippen LogP contribution in [0.3, 0.4) is 0 Å². The molecule has 0 aromatic heterocycles. The monoisotopic (exact) mass is 214 g/mol. The molecule has 1 N–H and O–H groups in total. The number of amides is 1. The Balaban J connectivity index is 2.44. The van der Waals surface area contributed by atoms with Crippen LogP contribution in [0, 0.1) is 5.92 Å². The van der Waals surface area contributed by atoms with Crippen LogP contribution in [-0.4, -0.2) is 50.7 Å². The van der Waals surface area contributed by atoms with Crippen molar-refractivity contribution >= 4 is 5.91 Å². The first-order chi connectivity index (χ1) is 7.19. The zero-order valence-corrected chi connectivity index (χ0v) is 9.95. The van der Waals surface area contributed by atoms with Crippen molar-refractivity contribution in [2.24, 2.45) is 5.92 Å². The average molecular weight is 214 g/mol. The number of carbonyl (C=O) groups excluding carboxylic acids is 1. The summed E-state index contributed by atoms with van der Waals surface area (Å²) < 4.78 is 5.14. The smallest absolute Gasteiger partial charge is 0.239 e. The summed E-state index contributed by atoms with van der Waals surface area (Å²) in [4.78, 5) is 13.9. The molecule has 0 radical (unpaired) electrons. The van der Waals surface area contributed by atoms with Gasteiger partial charge in [-0.2, -0.15) is 0 Å². The van der Waals surface area contributed by atoms with Gasteiger partial charge in [0.1, 0.15) is 0 Å². The number of piperidine rings is 1. The van der Waals surface area contributed by atoms with E-state index in [1.165, 1.54) is 6.42 Å². The molecule has 4 heteroatoms. The molecule has 1 rings (SSSR count). The Labute approximate surface area is 92.0 Å². The van der Waals surface area contributed by atoms with Gasteiger partial charge in [0.2, 0.25) is 5.91 Å². The molecule has 15 heavy (non-hydrogen) atoms. The summed E-state index contributed by atoms with van der Waals surface area (Å²) >= 11 is 0. The summed E-state index contributed by atoms with van der Waals surface area (Å²) in [6, 6.07) is -0.0775. The Kier molecular flexibility index (Phi) is 5.05. The second kappa shape index (κ2) is 6.08. The van der Waals surface area contributed by atoms with Crippen LogP contribution in [0.1, 0.15) is 19.8 Å². The lowest BCUT2D eigenvalue weighted by Gasteiger charge is -2.34. The number of ether oxygens (including phenoxy) is 1. The van der Waals surface area contributed by atoms with Crippen LogP contribution < -0.4 is 5.32 Å². The highest BCUT2D eigenvalue weighted by atomic mass is 16.5. The second-order valence-corrected chi connectivity index (χ2v) is 4.26. The highest BCUT2D eigenvalue weighted by Gasteiger charge is 2.25. The van der Waals surface area contributed by atoms with E-state index in [1.807, 2.05) is 18.9 Å². The summed E-state index contributed by atoms with van der Waals surface area (Å²) in [6.07, 6.45) is 2.27. The summed E-state index contributed by atoms with van der Waals surface area (Å²) in [5, 5.41) is 2.99. The van der Waals surface area contributed by atoms with Gasteiger partial charge in [-0.1, -0.05) is 0 Å². The first-order valence-corrected chi connectivity index (χ1v) is 5.64. The number of rotatable bonds is 4. The van der Waals surface area contributed by atoms with Gasteiger partial charge < -0.3 is 15.0 Å². The van der Waals surface area contributed by atoms with Crippen molar-refractivity contribution in [3.8, 4) is 0 Å². The van der Waals surface area contributed by atoms with Gasteiger partial charge in [0.15, 0.2) is 0 Å². The van der Waals surface area contributed by atoms with Gasteiger partial charge in [-0.15, -0.1) is 0 Å². The summed E-state index contributed by atoms with van der Waals surface area (Å²) in [6.45, 7) is 4.41. The third-order valence-corrected chi connectivity index (χ3v) is 3.04. The third kappa shape index (κ3) is 3.47. The number of hydrogen-bond donors (Lipinski definition) is 1. The molecule has 88 valence electrons. The molecular formula is C11H22N2O2. The molecule has 2 unspecified atom stereocenters. The fourth-order valence-corrected chi connectivity index (χ4v) is 2.03. The molecule has 1 heterocycles. The maximum absolute atomic E-state index is 11.9. The fourth-order valence-electron chi connectivity index (χ4n) is 2.03. The predicted octanol–water partition coefficient (Wildman–Crippen LogP) is 0.479. The average Bonchev–Trinajstić information content (AvgIpc) is 2.28. The molecule has 0 aliphatic carbocycles. The topological polar surface area (TPSA) is 41.6 Å². The van der Waals surface area contributed by atoms with Crippen LogP contribution >= 0.6 is 0 Å². The lowest BCUT2D eigenvalue weighted by Crippen LogP contribution is -2.48. The van der Waals surface area contributed by atoms with Crippen molar-refractivity contribution in [1.82, 2.24) is 10.2 Å². The van der Waals surface area contributed by atoms with Crippen LogP contribution in [0.15, 0.2) is 0 Å². The van der Waals surface area contributed by atoms with Crippen LogP contribution in [0.4, 0.5) is 0 Å². The Bertz CT molecular complexity index is 207. The van der Waals surface area contributed by atoms with E-state index < -0.39 is 0 Å². The molecule has 1 aliphatic rings. The molecule has 1 fully saturated rings. The van der Waals surface area contributed by atoms with Crippen molar-refractivity contribution in [2.45, 2.75) is 25.8 Å². The number of nitrogens with one attached hydrogen (secondary N) is 1. The minimum absolute atomic E-state index is 0.0775. The Morgan fingerprint density at radius 2 is 2.40 bits per heavy atom. The van der Waals surface area contributed by atoms with Crippen LogP contribution in [0.5, 0.6) is 0 Å². The molecule has 0 bridgehead atoms. The Morgan fingerprint density at radius 1 is 1.67 bits per heavy atom. The first-order valence-electron chi connectivity index (χ1n) is 5.64. The quantitative estimate of drug-likeness (QED) is 0.740. The van der Waals surface area contributed by atoms with Gasteiger partial charge in [0.25, 0.3) is 0 Å². The predicted molar refractivity (Wildman–Crippen MR) is 59.7 cm³/mol. The van der Waals surface area contributed by atoms with E-state index in [9.17, 15) is 4.79 Å². The lowest BCUT2D eigenvalue weighted by molar-refractivity contribution is -0.135. The van der Waals surface area contributed by atoms with E-state index in [0.29, 0.717) is 5.92 Å². The van der Waals surface area contributed by atoms with Gasteiger partial charge in [-0.25, -0.2) is 0 Å². The molecule has 0 aromatic rings. The van der Waals surface area contributed by atoms with E-state index in [1.54, 1.807) is 7.11 Å². The third-order valence-electron chi connectivity index (χ3n) is 3.04. The largest absolute Gasteiger partial charge is 0.384 e.